The van der Waals surface area contributed by atoms with Crippen LogP contribution in [0.2, 0.25) is 0 Å². The highest BCUT2D eigenvalue weighted by Crippen LogP contribution is 2.36. The van der Waals surface area contributed by atoms with Gasteiger partial charge in [-0.3, -0.25) is 4.79 Å². The molecule has 0 aromatic heterocycles. The monoisotopic (exact) mass is 399 g/mol. The van der Waals surface area contributed by atoms with Crippen molar-refractivity contribution in [3.8, 4) is 0 Å². The van der Waals surface area contributed by atoms with E-state index in [1.54, 1.807) is 11.0 Å². The number of benzene rings is 2. The van der Waals surface area contributed by atoms with Crippen molar-refractivity contribution in [2.75, 3.05) is 22.9 Å². The number of hydrogen-bond acceptors (Lipinski definition) is 4. The van der Waals surface area contributed by atoms with Crippen LogP contribution in [0.3, 0.4) is 0 Å². The normalized spacial score (nSPS) is 23.0. The zero-order valence-corrected chi connectivity index (χ0v) is 16.2. The molecule has 2 aliphatic rings. The van der Waals surface area contributed by atoms with Gasteiger partial charge in [-0.15, -0.1) is 0 Å². The first kappa shape index (κ1) is 18.5. The molecular formula is C20H21N3O4S. The number of amides is 3. The van der Waals surface area contributed by atoms with Gasteiger partial charge in [0.25, 0.3) is 0 Å². The highest BCUT2D eigenvalue weighted by atomic mass is 32.2. The summed E-state index contributed by atoms with van der Waals surface area (Å²) in [6.07, 6.45) is 0.877. The molecule has 1 fully saturated rings. The Bertz CT molecular complexity index is 1040. The second-order valence-electron chi connectivity index (χ2n) is 7.37. The van der Waals surface area contributed by atoms with Crippen LogP contribution in [0.15, 0.2) is 53.4 Å². The standard InChI is InChI=1S/C20H21N3O4S/c1-13-9-17(14-5-3-2-4-6-14)23(11-13)20(25)21-15-7-8-16-18(10-15)28(26,27)12-19(24)22-16/h2-8,10,13,17H,9,11-12H2,1H3,(H,21,25)(H,22,24). The van der Waals surface area contributed by atoms with E-state index in [1.807, 2.05) is 30.3 Å². The lowest BCUT2D eigenvalue weighted by Gasteiger charge is -2.26. The Kier molecular flexibility index (Phi) is 4.58. The van der Waals surface area contributed by atoms with Gasteiger partial charge in [-0.2, -0.15) is 0 Å². The molecule has 146 valence electrons. The second kappa shape index (κ2) is 6.94. The highest BCUT2D eigenvalue weighted by Gasteiger charge is 2.34. The zero-order chi connectivity index (χ0) is 19.9. The molecule has 2 N–H and O–H groups in total. The Morgan fingerprint density at radius 1 is 1.18 bits per heavy atom. The lowest BCUT2D eigenvalue weighted by atomic mass is 10.0. The molecule has 4 rings (SSSR count). The number of nitrogens with zero attached hydrogens (tertiary/aromatic N) is 1. The van der Waals surface area contributed by atoms with Crippen LogP contribution in [0.1, 0.15) is 24.9 Å². The number of carbonyl (C=O) groups is 2. The molecule has 2 aliphatic heterocycles. The van der Waals surface area contributed by atoms with Crippen LogP contribution in [0.5, 0.6) is 0 Å². The van der Waals surface area contributed by atoms with Gasteiger partial charge in [-0.25, -0.2) is 13.2 Å². The number of urea groups is 1. The topological polar surface area (TPSA) is 95.6 Å². The van der Waals surface area contributed by atoms with Crippen molar-refractivity contribution in [1.29, 1.82) is 0 Å². The fraction of sp³-hybridized carbons (Fsp3) is 0.300. The number of sulfone groups is 1. The molecule has 3 amide bonds. The van der Waals surface area contributed by atoms with Gasteiger partial charge in [0.2, 0.25) is 5.91 Å². The molecule has 28 heavy (non-hydrogen) atoms. The molecule has 8 heteroatoms. The summed E-state index contributed by atoms with van der Waals surface area (Å²) in [5.74, 6) is -0.770. The summed E-state index contributed by atoms with van der Waals surface area (Å²) in [6.45, 7) is 2.74. The number of anilines is 2. The maximum Gasteiger partial charge on any atom is 0.322 e. The molecule has 1 saturated heterocycles. The summed E-state index contributed by atoms with van der Waals surface area (Å²) < 4.78 is 24.5. The SMILES string of the molecule is CC1CC(c2ccccc2)N(C(=O)Nc2ccc3c(c2)S(=O)(=O)CC(=O)N3)C1. The Morgan fingerprint density at radius 2 is 1.93 bits per heavy atom. The van der Waals surface area contributed by atoms with Crippen LogP contribution in [-0.2, 0) is 14.6 Å². The van der Waals surface area contributed by atoms with Gasteiger partial charge < -0.3 is 15.5 Å². The van der Waals surface area contributed by atoms with Gasteiger partial charge in [0.1, 0.15) is 5.75 Å². The van der Waals surface area contributed by atoms with Crippen LogP contribution in [0.4, 0.5) is 16.2 Å². The van der Waals surface area contributed by atoms with Gasteiger partial charge in [0.15, 0.2) is 9.84 Å². The predicted octanol–water partition coefficient (Wildman–Crippen LogP) is 3.03. The molecule has 0 radical (unpaired) electrons. The Hall–Kier alpha value is -2.87. The van der Waals surface area contributed by atoms with Crippen molar-refractivity contribution in [2.24, 2.45) is 5.92 Å². The summed E-state index contributed by atoms with van der Waals surface area (Å²) in [7, 11) is -3.71. The quantitative estimate of drug-likeness (QED) is 0.811. The first-order valence-corrected chi connectivity index (χ1v) is 10.8. The van der Waals surface area contributed by atoms with Crippen molar-refractivity contribution in [3.05, 3.63) is 54.1 Å². The fourth-order valence-electron chi connectivity index (χ4n) is 3.85. The lowest BCUT2D eigenvalue weighted by Crippen LogP contribution is -2.35. The summed E-state index contributed by atoms with van der Waals surface area (Å²) in [5.41, 5.74) is 1.71. The molecule has 0 aliphatic carbocycles. The Labute approximate surface area is 163 Å². The number of likely N-dealkylation sites (tertiary alicyclic amines) is 1. The third-order valence-corrected chi connectivity index (χ3v) is 6.77. The Balaban J connectivity index is 1.58. The van der Waals surface area contributed by atoms with Gasteiger partial charge in [-0.1, -0.05) is 37.3 Å². The van der Waals surface area contributed by atoms with Gasteiger partial charge >= 0.3 is 6.03 Å². The minimum Gasteiger partial charge on any atom is -0.324 e. The van der Waals surface area contributed by atoms with E-state index in [9.17, 15) is 18.0 Å². The van der Waals surface area contributed by atoms with Crippen molar-refractivity contribution in [3.63, 3.8) is 0 Å². The lowest BCUT2D eigenvalue weighted by molar-refractivity contribution is -0.114. The van der Waals surface area contributed by atoms with E-state index in [4.69, 9.17) is 0 Å². The van der Waals surface area contributed by atoms with E-state index in [0.717, 1.165) is 12.0 Å². The number of hydrogen-bond donors (Lipinski definition) is 2. The van der Waals surface area contributed by atoms with Crippen molar-refractivity contribution in [1.82, 2.24) is 4.90 Å². The van der Waals surface area contributed by atoms with E-state index in [0.29, 0.717) is 18.2 Å². The van der Waals surface area contributed by atoms with Crippen LogP contribution >= 0.6 is 0 Å². The number of carbonyl (C=O) groups excluding carboxylic acids is 2. The summed E-state index contributed by atoms with van der Waals surface area (Å²) in [5, 5.41) is 5.36. The third kappa shape index (κ3) is 3.47. The first-order valence-electron chi connectivity index (χ1n) is 9.13. The molecule has 2 aromatic carbocycles. The average Bonchev–Trinajstić information content (AvgIpc) is 3.04. The van der Waals surface area contributed by atoms with Crippen LogP contribution in [0.25, 0.3) is 0 Å². The zero-order valence-electron chi connectivity index (χ0n) is 15.4. The van der Waals surface area contributed by atoms with Gasteiger partial charge in [0, 0.05) is 12.2 Å². The molecule has 2 atom stereocenters. The molecule has 2 unspecified atom stereocenters. The maximum atomic E-state index is 12.9. The first-order chi connectivity index (χ1) is 13.3. The number of fused-ring (bicyclic) bond motifs is 1. The molecule has 7 nitrogen and oxygen atoms in total. The van der Waals surface area contributed by atoms with Crippen molar-refractivity contribution < 1.29 is 18.0 Å². The highest BCUT2D eigenvalue weighted by molar-refractivity contribution is 7.92. The number of rotatable bonds is 2. The smallest absolute Gasteiger partial charge is 0.322 e. The Morgan fingerprint density at radius 3 is 2.68 bits per heavy atom. The average molecular weight is 399 g/mol. The van der Waals surface area contributed by atoms with Crippen molar-refractivity contribution in [2.45, 2.75) is 24.3 Å². The van der Waals surface area contributed by atoms with E-state index >= 15 is 0 Å². The third-order valence-electron chi connectivity index (χ3n) is 5.12. The maximum absolute atomic E-state index is 12.9. The minimum absolute atomic E-state index is 0.0168. The molecule has 2 heterocycles. The van der Waals surface area contributed by atoms with E-state index in [2.05, 4.69) is 17.6 Å². The minimum atomic E-state index is -3.71. The van der Waals surface area contributed by atoms with E-state index < -0.39 is 21.5 Å². The summed E-state index contributed by atoms with van der Waals surface area (Å²) in [4.78, 5) is 26.2. The molecular weight excluding hydrogens is 378 g/mol. The van der Waals surface area contributed by atoms with E-state index in [1.165, 1.54) is 12.1 Å². The number of nitrogens with one attached hydrogen (secondary N) is 2. The van der Waals surface area contributed by atoms with Crippen molar-refractivity contribution >= 4 is 33.2 Å². The molecule has 0 bridgehead atoms. The second-order valence-corrected chi connectivity index (χ2v) is 9.33. The van der Waals surface area contributed by atoms with Gasteiger partial charge in [0.05, 0.1) is 16.6 Å². The fourth-order valence-corrected chi connectivity index (χ4v) is 5.19. The van der Waals surface area contributed by atoms with Gasteiger partial charge in [-0.05, 0) is 36.1 Å². The summed E-state index contributed by atoms with van der Waals surface area (Å²) >= 11 is 0. The van der Waals surface area contributed by atoms with Crippen LogP contribution < -0.4 is 10.6 Å². The predicted molar refractivity (Wildman–Crippen MR) is 106 cm³/mol. The molecule has 0 saturated carbocycles. The summed E-state index contributed by atoms with van der Waals surface area (Å²) in [6, 6.07) is 14.1. The van der Waals surface area contributed by atoms with Crippen LogP contribution in [-0.4, -0.2) is 37.6 Å². The van der Waals surface area contributed by atoms with E-state index in [-0.39, 0.29) is 22.7 Å². The molecule has 0 spiro atoms. The largest absolute Gasteiger partial charge is 0.324 e. The molecule has 2 aromatic rings. The van der Waals surface area contributed by atoms with Crippen LogP contribution in [0, 0.1) is 5.92 Å².